The van der Waals surface area contributed by atoms with E-state index in [2.05, 4.69) is 51.4 Å². The standard InChI is InChI=1S/C24H24BrN5O/c25-22-21(8-5-16-9-11-29(15-31)12-10-16)28-24-20(14-27-30(24)23(22)26)19-7-6-17-3-1-2-4-18(17)13-19/h1-4,6-7,13-16H,5,8-12,26H2. The number of nitrogens with zero attached hydrogens (tertiary/aromatic N) is 4. The van der Waals surface area contributed by atoms with Gasteiger partial charge in [0.25, 0.3) is 0 Å². The molecule has 1 aliphatic heterocycles. The zero-order valence-corrected chi connectivity index (χ0v) is 18.8. The van der Waals surface area contributed by atoms with E-state index in [0.29, 0.717) is 11.7 Å². The molecule has 0 radical (unpaired) electrons. The van der Waals surface area contributed by atoms with Crippen molar-refractivity contribution >= 4 is 44.6 Å². The lowest BCUT2D eigenvalue weighted by Gasteiger charge is -2.29. The summed E-state index contributed by atoms with van der Waals surface area (Å²) in [5, 5.41) is 6.90. The van der Waals surface area contributed by atoms with E-state index in [4.69, 9.17) is 10.7 Å². The summed E-state index contributed by atoms with van der Waals surface area (Å²) < 4.78 is 2.53. The lowest BCUT2D eigenvalue weighted by molar-refractivity contribution is -0.119. The maximum absolute atomic E-state index is 10.9. The molecule has 0 bridgehead atoms. The molecule has 5 rings (SSSR count). The van der Waals surface area contributed by atoms with Crippen molar-refractivity contribution in [3.63, 3.8) is 0 Å². The van der Waals surface area contributed by atoms with Gasteiger partial charge >= 0.3 is 0 Å². The lowest BCUT2D eigenvalue weighted by Crippen LogP contribution is -2.32. The maximum Gasteiger partial charge on any atom is 0.209 e. The molecule has 31 heavy (non-hydrogen) atoms. The van der Waals surface area contributed by atoms with Crippen LogP contribution in [0.25, 0.3) is 27.5 Å². The highest BCUT2D eigenvalue weighted by Gasteiger charge is 2.20. The summed E-state index contributed by atoms with van der Waals surface area (Å²) in [5.74, 6) is 1.18. The Morgan fingerprint density at radius 3 is 2.68 bits per heavy atom. The van der Waals surface area contributed by atoms with Gasteiger partial charge in [0.2, 0.25) is 6.41 Å². The number of hydrogen-bond donors (Lipinski definition) is 1. The Morgan fingerprint density at radius 1 is 1.13 bits per heavy atom. The van der Waals surface area contributed by atoms with Crippen molar-refractivity contribution in [2.45, 2.75) is 25.7 Å². The third-order valence-corrected chi connectivity index (χ3v) is 7.20. The van der Waals surface area contributed by atoms with Crippen molar-refractivity contribution < 1.29 is 4.79 Å². The monoisotopic (exact) mass is 477 g/mol. The summed E-state index contributed by atoms with van der Waals surface area (Å²) in [6.07, 6.45) is 6.76. The number of carbonyl (C=O) groups is 1. The number of rotatable bonds is 5. The summed E-state index contributed by atoms with van der Waals surface area (Å²) in [6, 6.07) is 14.7. The number of likely N-dealkylation sites (tertiary alicyclic amines) is 1. The van der Waals surface area contributed by atoms with Crippen molar-refractivity contribution in [2.75, 3.05) is 18.8 Å². The molecule has 1 amide bonds. The second-order valence-electron chi connectivity index (χ2n) is 8.24. The summed E-state index contributed by atoms with van der Waals surface area (Å²) >= 11 is 3.64. The first kappa shape index (κ1) is 20.0. The van der Waals surface area contributed by atoms with Crippen LogP contribution in [0.1, 0.15) is 25.0 Å². The van der Waals surface area contributed by atoms with Gasteiger partial charge in [-0.1, -0.05) is 36.4 Å². The number of amides is 1. The number of halogens is 1. The highest BCUT2D eigenvalue weighted by atomic mass is 79.9. The second-order valence-corrected chi connectivity index (χ2v) is 9.03. The number of aromatic nitrogens is 3. The smallest absolute Gasteiger partial charge is 0.209 e. The topological polar surface area (TPSA) is 76.5 Å². The number of nitrogen functional groups attached to an aromatic ring is 1. The largest absolute Gasteiger partial charge is 0.383 e. The first-order valence-corrected chi connectivity index (χ1v) is 11.4. The molecule has 3 heterocycles. The van der Waals surface area contributed by atoms with E-state index in [-0.39, 0.29) is 0 Å². The fraction of sp³-hybridized carbons (Fsp3) is 0.292. The minimum atomic E-state index is 0.572. The van der Waals surface area contributed by atoms with Gasteiger partial charge in [0.1, 0.15) is 5.82 Å². The quantitative estimate of drug-likeness (QED) is 0.422. The molecule has 2 aromatic carbocycles. The number of piperidine rings is 1. The second kappa shape index (κ2) is 8.30. The van der Waals surface area contributed by atoms with E-state index in [1.54, 1.807) is 4.52 Å². The van der Waals surface area contributed by atoms with Crippen molar-refractivity contribution in [1.29, 1.82) is 0 Å². The van der Waals surface area contributed by atoms with E-state index in [0.717, 1.165) is 72.1 Å². The average Bonchev–Trinajstić information content (AvgIpc) is 3.24. The molecule has 1 saturated heterocycles. The normalized spacial score (nSPS) is 15.1. The molecular formula is C24H24BrN5O. The third kappa shape index (κ3) is 3.78. The van der Waals surface area contributed by atoms with Crippen LogP contribution in [-0.2, 0) is 11.2 Å². The summed E-state index contributed by atoms with van der Waals surface area (Å²) in [5.41, 5.74) is 10.2. The number of benzene rings is 2. The van der Waals surface area contributed by atoms with Crippen molar-refractivity contribution in [1.82, 2.24) is 19.5 Å². The fourth-order valence-electron chi connectivity index (χ4n) is 4.46. The highest BCUT2D eigenvalue weighted by Crippen LogP contribution is 2.32. The molecular weight excluding hydrogens is 454 g/mol. The fourth-order valence-corrected chi connectivity index (χ4v) is 4.91. The first-order valence-electron chi connectivity index (χ1n) is 10.6. The summed E-state index contributed by atoms with van der Waals surface area (Å²) in [6.45, 7) is 1.69. The van der Waals surface area contributed by atoms with Gasteiger partial charge in [-0.25, -0.2) is 4.98 Å². The van der Waals surface area contributed by atoms with Crippen LogP contribution in [0.5, 0.6) is 0 Å². The number of fused-ring (bicyclic) bond motifs is 2. The highest BCUT2D eigenvalue weighted by molar-refractivity contribution is 9.10. The zero-order chi connectivity index (χ0) is 21.4. The Hall–Kier alpha value is -2.93. The van der Waals surface area contributed by atoms with E-state index < -0.39 is 0 Å². The van der Waals surface area contributed by atoms with Crippen LogP contribution in [0.15, 0.2) is 53.1 Å². The number of carbonyl (C=O) groups excluding carboxylic acids is 1. The predicted molar refractivity (Wildman–Crippen MR) is 127 cm³/mol. The number of hydrogen-bond acceptors (Lipinski definition) is 4. The number of aryl methyl sites for hydroxylation is 1. The molecule has 0 aliphatic carbocycles. The Kier molecular flexibility index (Phi) is 5.36. The molecule has 4 aromatic rings. The van der Waals surface area contributed by atoms with Gasteiger partial charge in [-0.3, -0.25) is 4.79 Å². The summed E-state index contributed by atoms with van der Waals surface area (Å²) in [4.78, 5) is 17.8. The Labute approximate surface area is 189 Å². The van der Waals surface area contributed by atoms with Gasteiger partial charge in [-0.15, -0.1) is 0 Å². The Balaban J connectivity index is 1.46. The van der Waals surface area contributed by atoms with Crippen LogP contribution >= 0.6 is 15.9 Å². The van der Waals surface area contributed by atoms with Gasteiger partial charge in [0, 0.05) is 18.7 Å². The number of nitrogens with two attached hydrogens (primary N) is 1. The third-order valence-electron chi connectivity index (χ3n) is 6.34. The molecule has 2 N–H and O–H groups in total. The van der Waals surface area contributed by atoms with Gasteiger partial charge in [0.15, 0.2) is 5.65 Å². The minimum Gasteiger partial charge on any atom is -0.383 e. The SMILES string of the molecule is Nc1c(Br)c(CCC2CCN(C=O)CC2)nc2c(-c3ccc4ccccc4c3)cnn12. The van der Waals surface area contributed by atoms with Gasteiger partial charge in [-0.2, -0.15) is 9.61 Å². The van der Waals surface area contributed by atoms with Crippen LogP contribution in [0.3, 0.4) is 0 Å². The van der Waals surface area contributed by atoms with Crippen molar-refractivity contribution in [3.05, 3.63) is 58.8 Å². The van der Waals surface area contributed by atoms with Crippen LogP contribution in [-0.4, -0.2) is 39.0 Å². The molecule has 6 nitrogen and oxygen atoms in total. The molecule has 0 saturated carbocycles. The number of anilines is 1. The Bertz CT molecular complexity index is 1260. The average molecular weight is 478 g/mol. The molecule has 1 aliphatic rings. The molecule has 1 fully saturated rings. The van der Waals surface area contributed by atoms with E-state index in [1.807, 2.05) is 23.2 Å². The molecule has 158 valence electrons. The molecule has 0 unspecified atom stereocenters. The van der Waals surface area contributed by atoms with Gasteiger partial charge < -0.3 is 10.6 Å². The zero-order valence-electron chi connectivity index (χ0n) is 17.2. The van der Waals surface area contributed by atoms with E-state index in [9.17, 15) is 4.79 Å². The first-order chi connectivity index (χ1) is 15.1. The Morgan fingerprint density at radius 2 is 1.90 bits per heavy atom. The van der Waals surface area contributed by atoms with E-state index in [1.165, 1.54) is 10.8 Å². The van der Waals surface area contributed by atoms with Crippen LogP contribution < -0.4 is 5.73 Å². The van der Waals surface area contributed by atoms with Gasteiger partial charge in [-0.05, 0) is 69.9 Å². The summed E-state index contributed by atoms with van der Waals surface area (Å²) in [7, 11) is 0. The predicted octanol–water partition coefficient (Wildman–Crippen LogP) is 4.70. The van der Waals surface area contributed by atoms with Crippen molar-refractivity contribution in [2.24, 2.45) is 5.92 Å². The van der Waals surface area contributed by atoms with Crippen LogP contribution in [0.4, 0.5) is 5.82 Å². The molecule has 0 spiro atoms. The minimum absolute atomic E-state index is 0.572. The maximum atomic E-state index is 10.9. The van der Waals surface area contributed by atoms with Crippen LogP contribution in [0.2, 0.25) is 0 Å². The lowest BCUT2D eigenvalue weighted by atomic mass is 9.92. The molecule has 2 aromatic heterocycles. The van der Waals surface area contributed by atoms with Crippen molar-refractivity contribution in [3.8, 4) is 11.1 Å². The van der Waals surface area contributed by atoms with E-state index >= 15 is 0 Å². The van der Waals surface area contributed by atoms with Crippen LogP contribution in [0, 0.1) is 5.92 Å². The van der Waals surface area contributed by atoms with Gasteiger partial charge in [0.05, 0.1) is 16.4 Å². The molecule has 7 heteroatoms. The molecule has 0 atom stereocenters.